The van der Waals surface area contributed by atoms with E-state index in [9.17, 15) is 22.8 Å². The molecule has 37 heavy (non-hydrogen) atoms. The molecule has 0 radical (unpaired) electrons. The summed E-state index contributed by atoms with van der Waals surface area (Å²) in [5, 5.41) is 8.53. The number of halogens is 3. The number of carbonyl (C=O) groups is 2. The van der Waals surface area contributed by atoms with Crippen molar-refractivity contribution in [2.75, 3.05) is 25.4 Å². The summed E-state index contributed by atoms with van der Waals surface area (Å²) in [5.74, 6) is 0.451. The Kier molecular flexibility index (Phi) is 7.40. The van der Waals surface area contributed by atoms with E-state index in [0.717, 1.165) is 23.9 Å². The van der Waals surface area contributed by atoms with E-state index in [-0.39, 0.29) is 40.3 Å². The summed E-state index contributed by atoms with van der Waals surface area (Å²) in [5.41, 5.74) is -1.12. The molecule has 0 bridgehead atoms. The summed E-state index contributed by atoms with van der Waals surface area (Å²) in [6.07, 6.45) is -3.09. The lowest BCUT2D eigenvalue weighted by molar-refractivity contribution is -0.147. The van der Waals surface area contributed by atoms with Gasteiger partial charge in [-0.2, -0.15) is 13.2 Å². The first-order valence-corrected chi connectivity index (χ1v) is 12.7. The third-order valence-electron chi connectivity index (χ3n) is 6.01. The van der Waals surface area contributed by atoms with Gasteiger partial charge in [0.15, 0.2) is 10.9 Å². The number of alkyl halides is 3. The Morgan fingerprint density at radius 2 is 1.86 bits per heavy atom. The molecular weight excluding hydrogens is 507 g/mol. The van der Waals surface area contributed by atoms with Crippen LogP contribution in [-0.2, 0) is 15.8 Å². The van der Waals surface area contributed by atoms with Gasteiger partial charge in [-0.25, -0.2) is 0 Å². The maximum absolute atomic E-state index is 13.4. The lowest BCUT2D eigenvalue weighted by Crippen LogP contribution is -2.57. The van der Waals surface area contributed by atoms with Gasteiger partial charge in [-0.15, -0.1) is 10.2 Å². The molecule has 0 spiro atoms. The molecule has 1 aliphatic heterocycles. The molecule has 2 amide bonds. The van der Waals surface area contributed by atoms with Crippen LogP contribution in [0.25, 0.3) is 17.3 Å². The van der Waals surface area contributed by atoms with Gasteiger partial charge in [-0.3, -0.25) is 14.2 Å². The Morgan fingerprint density at radius 1 is 1.11 bits per heavy atom. The van der Waals surface area contributed by atoms with Gasteiger partial charge in [0.1, 0.15) is 0 Å². The van der Waals surface area contributed by atoms with Gasteiger partial charge in [0.05, 0.1) is 23.3 Å². The fraction of sp³-hybridized carbons (Fsp3) is 0.440. The molecule has 0 saturated carbocycles. The number of benzene rings is 1. The second-order valence-corrected chi connectivity index (χ2v) is 10.8. The number of thioether (sulfide) groups is 1. The number of rotatable bonds is 5. The summed E-state index contributed by atoms with van der Waals surface area (Å²) in [7, 11) is 0. The van der Waals surface area contributed by atoms with E-state index >= 15 is 0 Å². The molecule has 8 nitrogen and oxygen atoms in total. The van der Waals surface area contributed by atoms with Gasteiger partial charge in [0, 0.05) is 31.1 Å². The number of carbonyl (C=O) groups excluding carboxylic acids is 2. The number of piperazine rings is 1. The van der Waals surface area contributed by atoms with Crippen molar-refractivity contribution in [3.05, 3.63) is 48.2 Å². The summed E-state index contributed by atoms with van der Waals surface area (Å²) >= 11 is 1.08. The van der Waals surface area contributed by atoms with E-state index in [1.165, 1.54) is 23.0 Å². The fourth-order valence-electron chi connectivity index (χ4n) is 4.12. The van der Waals surface area contributed by atoms with Gasteiger partial charge < -0.3 is 14.2 Å². The Bertz CT molecular complexity index is 1270. The van der Waals surface area contributed by atoms with Crippen molar-refractivity contribution in [2.45, 2.75) is 45.1 Å². The van der Waals surface area contributed by atoms with Crippen LogP contribution in [0.15, 0.2) is 52.2 Å². The first-order chi connectivity index (χ1) is 17.4. The van der Waals surface area contributed by atoms with Gasteiger partial charge in [0.25, 0.3) is 0 Å². The molecule has 0 N–H and O–H groups in total. The highest BCUT2D eigenvalue weighted by molar-refractivity contribution is 7.99. The fourth-order valence-corrected chi connectivity index (χ4v) is 4.97. The minimum absolute atomic E-state index is 0.00911. The molecule has 1 aromatic carbocycles. The van der Waals surface area contributed by atoms with Gasteiger partial charge in [0.2, 0.25) is 17.6 Å². The zero-order valence-corrected chi connectivity index (χ0v) is 21.8. The van der Waals surface area contributed by atoms with E-state index in [1.807, 2.05) is 27.7 Å². The minimum atomic E-state index is -4.52. The molecular formula is C25H28F3N5O3S. The average molecular weight is 536 g/mol. The molecule has 3 aromatic rings. The van der Waals surface area contributed by atoms with Crippen LogP contribution >= 0.6 is 11.8 Å². The van der Waals surface area contributed by atoms with Crippen molar-refractivity contribution in [3.8, 4) is 17.3 Å². The molecule has 2 aromatic heterocycles. The Morgan fingerprint density at radius 3 is 2.49 bits per heavy atom. The van der Waals surface area contributed by atoms with Gasteiger partial charge in [-0.05, 0) is 37.3 Å². The van der Waals surface area contributed by atoms with E-state index in [0.29, 0.717) is 25.4 Å². The Hall–Kier alpha value is -3.28. The van der Waals surface area contributed by atoms with Crippen molar-refractivity contribution in [1.29, 1.82) is 0 Å². The summed E-state index contributed by atoms with van der Waals surface area (Å²) in [4.78, 5) is 29.2. The molecule has 1 aliphatic rings. The number of aromatic nitrogens is 3. The van der Waals surface area contributed by atoms with Gasteiger partial charge in [-0.1, -0.05) is 38.6 Å². The zero-order valence-electron chi connectivity index (χ0n) is 21.0. The minimum Gasteiger partial charge on any atom is -0.461 e. The van der Waals surface area contributed by atoms with Gasteiger partial charge >= 0.3 is 6.18 Å². The number of hydrogen-bond acceptors (Lipinski definition) is 6. The quantitative estimate of drug-likeness (QED) is 0.439. The SMILES string of the molecule is CC1CN(C(=O)CSc2nnc(-c3ccco3)n2-c2cccc(C(F)(F)F)c2)CCN1C(=O)C(C)(C)C. The van der Waals surface area contributed by atoms with Crippen LogP contribution < -0.4 is 0 Å². The largest absolute Gasteiger partial charge is 0.461 e. The maximum atomic E-state index is 13.4. The maximum Gasteiger partial charge on any atom is 0.416 e. The summed E-state index contributed by atoms with van der Waals surface area (Å²) in [6.45, 7) is 8.77. The van der Waals surface area contributed by atoms with E-state index < -0.39 is 17.2 Å². The van der Waals surface area contributed by atoms with Crippen molar-refractivity contribution in [1.82, 2.24) is 24.6 Å². The van der Waals surface area contributed by atoms with Crippen LogP contribution in [0.3, 0.4) is 0 Å². The van der Waals surface area contributed by atoms with Crippen LogP contribution in [0.2, 0.25) is 0 Å². The predicted molar refractivity (Wildman–Crippen MR) is 132 cm³/mol. The van der Waals surface area contributed by atoms with E-state index in [1.54, 1.807) is 21.9 Å². The topological polar surface area (TPSA) is 84.5 Å². The monoisotopic (exact) mass is 535 g/mol. The lowest BCUT2D eigenvalue weighted by Gasteiger charge is -2.42. The van der Waals surface area contributed by atoms with Crippen molar-refractivity contribution in [3.63, 3.8) is 0 Å². The number of nitrogens with zero attached hydrogens (tertiary/aromatic N) is 5. The van der Waals surface area contributed by atoms with E-state index in [4.69, 9.17) is 4.42 Å². The number of amides is 2. The highest BCUT2D eigenvalue weighted by Crippen LogP contribution is 2.33. The molecule has 12 heteroatoms. The van der Waals surface area contributed by atoms with Crippen molar-refractivity contribution >= 4 is 23.6 Å². The second-order valence-electron chi connectivity index (χ2n) is 9.89. The molecule has 1 unspecified atom stereocenters. The number of hydrogen-bond donors (Lipinski definition) is 0. The van der Waals surface area contributed by atoms with Crippen molar-refractivity contribution in [2.24, 2.45) is 5.41 Å². The first kappa shape index (κ1) is 26.8. The molecule has 1 saturated heterocycles. The Balaban J connectivity index is 1.53. The predicted octanol–water partition coefficient (Wildman–Crippen LogP) is 4.74. The lowest BCUT2D eigenvalue weighted by atomic mass is 9.93. The third kappa shape index (κ3) is 5.84. The Labute approximate surface area is 216 Å². The zero-order chi connectivity index (χ0) is 27.0. The molecule has 0 aliphatic carbocycles. The van der Waals surface area contributed by atoms with Crippen LogP contribution in [0, 0.1) is 5.41 Å². The molecule has 198 valence electrons. The molecule has 3 heterocycles. The van der Waals surface area contributed by atoms with E-state index in [2.05, 4.69) is 10.2 Å². The smallest absolute Gasteiger partial charge is 0.416 e. The molecule has 1 fully saturated rings. The summed E-state index contributed by atoms with van der Waals surface area (Å²) in [6, 6.07) is 7.97. The first-order valence-electron chi connectivity index (χ1n) is 11.7. The van der Waals surface area contributed by atoms with Crippen molar-refractivity contribution < 1.29 is 27.2 Å². The standard InChI is InChI=1S/C25H28F3N5O3S/c1-16-14-31(10-11-32(16)22(35)24(2,3)4)20(34)15-37-23-30-29-21(19-9-6-12-36-19)33(23)18-8-5-7-17(13-18)25(26,27)28/h5-9,12-13,16H,10-11,14-15H2,1-4H3. The highest BCUT2D eigenvalue weighted by atomic mass is 32.2. The third-order valence-corrected chi connectivity index (χ3v) is 6.93. The molecule has 1 atom stereocenters. The van der Waals surface area contributed by atoms with Crippen LogP contribution in [0.5, 0.6) is 0 Å². The average Bonchev–Trinajstić information content (AvgIpc) is 3.51. The van der Waals surface area contributed by atoms with Crippen LogP contribution in [-0.4, -0.2) is 67.8 Å². The summed E-state index contributed by atoms with van der Waals surface area (Å²) < 4.78 is 47.0. The normalized spacial score (nSPS) is 16.8. The second kappa shape index (κ2) is 10.2. The van der Waals surface area contributed by atoms with Crippen LogP contribution in [0.1, 0.15) is 33.3 Å². The highest BCUT2D eigenvalue weighted by Gasteiger charge is 2.35. The number of furan rings is 1. The van der Waals surface area contributed by atoms with Crippen LogP contribution in [0.4, 0.5) is 13.2 Å². The molecule has 4 rings (SSSR count).